The Morgan fingerprint density at radius 1 is 1.04 bits per heavy atom. The van der Waals surface area contributed by atoms with E-state index in [1.165, 1.54) is 31.3 Å². The number of alkyl halides is 2. The van der Waals surface area contributed by atoms with Crippen molar-refractivity contribution in [1.82, 2.24) is 4.90 Å². The molecule has 0 unspecified atom stereocenters. The molecule has 152 valence electrons. The van der Waals surface area contributed by atoms with E-state index < -0.39 is 20.5 Å². The fraction of sp³-hybridized carbons (Fsp3) is 0.316. The summed E-state index contributed by atoms with van der Waals surface area (Å²) in [6, 6.07) is 9.78. The van der Waals surface area contributed by atoms with E-state index in [0.717, 1.165) is 17.7 Å². The van der Waals surface area contributed by atoms with E-state index in [1.807, 2.05) is 0 Å². The predicted octanol–water partition coefficient (Wildman–Crippen LogP) is 3.36. The van der Waals surface area contributed by atoms with Gasteiger partial charge in [0.15, 0.2) is 11.5 Å². The van der Waals surface area contributed by atoms with Crippen molar-refractivity contribution < 1.29 is 31.5 Å². The second-order valence-electron chi connectivity index (χ2n) is 5.84. The molecule has 2 aromatic carbocycles. The van der Waals surface area contributed by atoms with Crippen LogP contribution in [-0.4, -0.2) is 45.7 Å². The van der Waals surface area contributed by atoms with Crippen LogP contribution in [0.25, 0.3) is 0 Å². The van der Waals surface area contributed by atoms with Gasteiger partial charge < -0.3 is 14.4 Å². The number of sulfone groups is 1. The Labute approximate surface area is 162 Å². The van der Waals surface area contributed by atoms with E-state index in [1.54, 1.807) is 25.1 Å². The van der Waals surface area contributed by atoms with Crippen molar-refractivity contribution in [1.29, 1.82) is 0 Å². The molecule has 2 rings (SSSR count). The van der Waals surface area contributed by atoms with Crippen molar-refractivity contribution >= 4 is 15.7 Å². The number of carbonyl (C=O) groups is 1. The SMILES string of the molecule is CCN(Cc1ccc(OC)c(OC)c1)C(=O)c1ccc(S(=O)(=O)C(F)F)cc1. The molecule has 2 aromatic rings. The van der Waals surface area contributed by atoms with Gasteiger partial charge in [0.2, 0.25) is 9.84 Å². The molecule has 9 heteroatoms. The smallest absolute Gasteiger partial charge is 0.341 e. The van der Waals surface area contributed by atoms with Gasteiger partial charge in [0.1, 0.15) is 0 Å². The quantitative estimate of drug-likeness (QED) is 0.664. The zero-order valence-electron chi connectivity index (χ0n) is 15.7. The second kappa shape index (κ2) is 9.01. The van der Waals surface area contributed by atoms with E-state index in [4.69, 9.17) is 9.47 Å². The zero-order valence-corrected chi connectivity index (χ0v) is 16.5. The average Bonchev–Trinajstić information content (AvgIpc) is 2.71. The maximum Gasteiger partial charge on any atom is 0.341 e. The van der Waals surface area contributed by atoms with Crippen LogP contribution in [0.5, 0.6) is 11.5 Å². The number of benzene rings is 2. The summed E-state index contributed by atoms with van der Waals surface area (Å²) in [5, 5.41) is 0. The molecule has 6 nitrogen and oxygen atoms in total. The van der Waals surface area contributed by atoms with Gasteiger partial charge in [0, 0.05) is 18.7 Å². The van der Waals surface area contributed by atoms with Crippen LogP contribution in [0.1, 0.15) is 22.8 Å². The summed E-state index contributed by atoms with van der Waals surface area (Å²) in [6.45, 7) is 2.48. The van der Waals surface area contributed by atoms with Crippen LogP contribution >= 0.6 is 0 Å². The van der Waals surface area contributed by atoms with Gasteiger partial charge in [-0.15, -0.1) is 0 Å². The number of nitrogens with zero attached hydrogens (tertiary/aromatic N) is 1. The van der Waals surface area contributed by atoms with Gasteiger partial charge in [0.25, 0.3) is 5.91 Å². The normalized spacial score (nSPS) is 11.4. The Bertz CT molecular complexity index is 930. The van der Waals surface area contributed by atoms with Crippen molar-refractivity contribution in [3.8, 4) is 11.5 Å². The number of hydrogen-bond acceptors (Lipinski definition) is 5. The van der Waals surface area contributed by atoms with Crippen LogP contribution in [0.2, 0.25) is 0 Å². The summed E-state index contributed by atoms with van der Waals surface area (Å²) in [7, 11) is -1.65. The number of hydrogen-bond donors (Lipinski definition) is 0. The molecule has 1 amide bonds. The number of halogens is 2. The lowest BCUT2D eigenvalue weighted by molar-refractivity contribution is 0.0752. The van der Waals surface area contributed by atoms with Crippen LogP contribution in [0.15, 0.2) is 47.4 Å². The molecule has 0 heterocycles. The predicted molar refractivity (Wildman–Crippen MR) is 99.6 cm³/mol. The fourth-order valence-electron chi connectivity index (χ4n) is 2.60. The minimum absolute atomic E-state index is 0.204. The fourth-order valence-corrected chi connectivity index (χ4v) is 3.32. The Kier molecular flexibility index (Phi) is 6.95. The molecule has 0 saturated carbocycles. The number of amides is 1. The molecule has 0 spiro atoms. The summed E-state index contributed by atoms with van der Waals surface area (Å²) >= 11 is 0. The van der Waals surface area contributed by atoms with E-state index in [2.05, 4.69) is 0 Å². The molecule has 0 aliphatic rings. The molecule has 0 aliphatic heterocycles. The minimum Gasteiger partial charge on any atom is -0.493 e. The Morgan fingerprint density at radius 2 is 1.64 bits per heavy atom. The third-order valence-corrected chi connectivity index (χ3v) is 5.55. The third-order valence-electron chi connectivity index (χ3n) is 4.15. The highest BCUT2D eigenvalue weighted by Crippen LogP contribution is 2.28. The first-order valence-electron chi connectivity index (χ1n) is 8.36. The molecule has 28 heavy (non-hydrogen) atoms. The highest BCUT2D eigenvalue weighted by molar-refractivity contribution is 7.91. The zero-order chi connectivity index (χ0) is 20.9. The Hall–Kier alpha value is -2.68. The maximum atomic E-state index is 12.7. The molecule has 0 radical (unpaired) electrons. The summed E-state index contributed by atoms with van der Waals surface area (Å²) in [4.78, 5) is 13.7. The summed E-state index contributed by atoms with van der Waals surface area (Å²) in [5.74, 6) is -2.76. The first-order valence-corrected chi connectivity index (χ1v) is 9.91. The van der Waals surface area contributed by atoms with E-state index in [9.17, 15) is 22.0 Å². The lowest BCUT2D eigenvalue weighted by Crippen LogP contribution is -2.30. The largest absolute Gasteiger partial charge is 0.493 e. The number of methoxy groups -OCH3 is 2. The lowest BCUT2D eigenvalue weighted by atomic mass is 10.1. The molecule has 0 bridgehead atoms. The Balaban J connectivity index is 2.22. The highest BCUT2D eigenvalue weighted by atomic mass is 32.2. The molecular weight excluding hydrogens is 392 g/mol. The van der Waals surface area contributed by atoms with Crippen molar-refractivity contribution in [2.24, 2.45) is 0 Å². The van der Waals surface area contributed by atoms with Crippen molar-refractivity contribution in [3.05, 3.63) is 53.6 Å². The van der Waals surface area contributed by atoms with Gasteiger partial charge in [-0.1, -0.05) is 6.07 Å². The molecule has 0 N–H and O–H groups in total. The first-order chi connectivity index (χ1) is 13.2. The van der Waals surface area contributed by atoms with Gasteiger partial charge in [-0.3, -0.25) is 4.79 Å². The molecule has 0 aliphatic carbocycles. The van der Waals surface area contributed by atoms with Crippen LogP contribution in [0.4, 0.5) is 8.78 Å². The van der Waals surface area contributed by atoms with Crippen molar-refractivity contribution in [2.45, 2.75) is 24.1 Å². The monoisotopic (exact) mass is 413 g/mol. The standard InChI is InChI=1S/C19H21F2NO5S/c1-4-22(12-13-5-10-16(26-2)17(11-13)27-3)18(23)14-6-8-15(9-7-14)28(24,25)19(20)21/h5-11,19H,4,12H2,1-3H3. The minimum atomic E-state index is -4.69. The third kappa shape index (κ3) is 4.59. The van der Waals surface area contributed by atoms with Crippen LogP contribution in [0, 0.1) is 0 Å². The number of ether oxygens (including phenoxy) is 2. The molecule has 0 aromatic heterocycles. The van der Waals surface area contributed by atoms with E-state index in [-0.39, 0.29) is 18.0 Å². The van der Waals surface area contributed by atoms with Crippen molar-refractivity contribution in [3.63, 3.8) is 0 Å². The molecular formula is C19H21F2NO5S. The molecule has 0 saturated heterocycles. The summed E-state index contributed by atoms with van der Waals surface area (Å²) < 4.78 is 58.7. The summed E-state index contributed by atoms with van der Waals surface area (Å²) in [6.07, 6.45) is 0. The second-order valence-corrected chi connectivity index (χ2v) is 7.76. The van der Waals surface area contributed by atoms with E-state index >= 15 is 0 Å². The van der Waals surface area contributed by atoms with E-state index in [0.29, 0.717) is 18.0 Å². The Morgan fingerprint density at radius 3 is 2.14 bits per heavy atom. The summed E-state index contributed by atoms with van der Waals surface area (Å²) in [5.41, 5.74) is 1.01. The maximum absolute atomic E-state index is 12.7. The average molecular weight is 413 g/mol. The van der Waals surface area contributed by atoms with Crippen molar-refractivity contribution in [2.75, 3.05) is 20.8 Å². The number of carbonyl (C=O) groups excluding carboxylic acids is 1. The molecule has 0 atom stereocenters. The molecule has 0 fully saturated rings. The lowest BCUT2D eigenvalue weighted by Gasteiger charge is -2.22. The topological polar surface area (TPSA) is 72.9 Å². The number of rotatable bonds is 8. The van der Waals surface area contributed by atoms with Crippen LogP contribution in [-0.2, 0) is 16.4 Å². The van der Waals surface area contributed by atoms with Crippen LogP contribution in [0.3, 0.4) is 0 Å². The van der Waals surface area contributed by atoms with Crippen LogP contribution < -0.4 is 9.47 Å². The van der Waals surface area contributed by atoms with Gasteiger partial charge in [-0.05, 0) is 48.9 Å². The van der Waals surface area contributed by atoms with Gasteiger partial charge in [-0.2, -0.15) is 8.78 Å². The van der Waals surface area contributed by atoms with Gasteiger partial charge >= 0.3 is 5.76 Å². The van der Waals surface area contributed by atoms with Gasteiger partial charge in [0.05, 0.1) is 19.1 Å². The highest BCUT2D eigenvalue weighted by Gasteiger charge is 2.26. The van der Waals surface area contributed by atoms with Gasteiger partial charge in [-0.25, -0.2) is 8.42 Å². The first kappa shape index (κ1) is 21.6.